The summed E-state index contributed by atoms with van der Waals surface area (Å²) in [6, 6.07) is 14.4. The van der Waals surface area contributed by atoms with Gasteiger partial charge in [0.2, 0.25) is 0 Å². The van der Waals surface area contributed by atoms with E-state index in [-0.39, 0.29) is 24.1 Å². The predicted octanol–water partition coefficient (Wildman–Crippen LogP) is 3.70. The van der Waals surface area contributed by atoms with Crippen LogP contribution in [0, 0.1) is 6.92 Å². The maximum Gasteiger partial charge on any atom is 0.271 e. The van der Waals surface area contributed by atoms with Crippen molar-refractivity contribution in [2.45, 2.75) is 26.3 Å². The van der Waals surface area contributed by atoms with E-state index >= 15 is 0 Å². The third-order valence-electron chi connectivity index (χ3n) is 6.15. The Kier molecular flexibility index (Phi) is 6.44. The molecule has 0 spiro atoms. The van der Waals surface area contributed by atoms with Gasteiger partial charge in [-0.1, -0.05) is 12.1 Å². The molecule has 0 aliphatic carbocycles. The summed E-state index contributed by atoms with van der Waals surface area (Å²) in [6.07, 6.45) is 5.39. The summed E-state index contributed by atoms with van der Waals surface area (Å²) in [5, 5.41) is 6.56. The number of hydrogen-bond acceptors (Lipinski definition) is 7. The molecular weight excluding hydrogens is 454 g/mol. The number of pyridine rings is 1. The van der Waals surface area contributed by atoms with Crippen molar-refractivity contribution < 1.29 is 9.59 Å². The van der Waals surface area contributed by atoms with Gasteiger partial charge < -0.3 is 21.3 Å². The van der Waals surface area contributed by atoms with Gasteiger partial charge in [-0.15, -0.1) is 0 Å². The van der Waals surface area contributed by atoms with Crippen LogP contribution in [0.5, 0.6) is 0 Å². The van der Waals surface area contributed by atoms with Gasteiger partial charge in [0.1, 0.15) is 11.5 Å². The highest BCUT2D eigenvalue weighted by Crippen LogP contribution is 2.24. The second-order valence-corrected chi connectivity index (χ2v) is 8.88. The van der Waals surface area contributed by atoms with Crippen LogP contribution in [0.25, 0.3) is 10.9 Å². The van der Waals surface area contributed by atoms with Crippen molar-refractivity contribution in [3.63, 3.8) is 0 Å². The molecule has 36 heavy (non-hydrogen) atoms. The Morgan fingerprint density at radius 3 is 2.67 bits per heavy atom. The summed E-state index contributed by atoms with van der Waals surface area (Å²) < 4.78 is 0. The lowest BCUT2D eigenvalue weighted by molar-refractivity contribution is 0.0945. The van der Waals surface area contributed by atoms with Crippen molar-refractivity contribution in [2.75, 3.05) is 29.0 Å². The fourth-order valence-electron chi connectivity index (χ4n) is 4.33. The van der Waals surface area contributed by atoms with Crippen molar-refractivity contribution in [3.8, 4) is 0 Å². The van der Waals surface area contributed by atoms with E-state index in [4.69, 9.17) is 5.73 Å². The molecule has 0 saturated carbocycles. The van der Waals surface area contributed by atoms with Crippen LogP contribution in [0.1, 0.15) is 44.9 Å². The average molecular weight is 482 g/mol. The van der Waals surface area contributed by atoms with Crippen LogP contribution in [0.3, 0.4) is 0 Å². The summed E-state index contributed by atoms with van der Waals surface area (Å²) in [4.78, 5) is 40.8. The van der Waals surface area contributed by atoms with E-state index in [9.17, 15) is 9.59 Å². The SMILES string of the molecule is Cc1cc(N)c2cc(NC(=O)c3cccc(CNC(=O)c4cncc(N5CCCC5)n4)c3)ccc2n1. The number of nitrogens with one attached hydrogen (secondary N) is 2. The van der Waals surface area contributed by atoms with Gasteiger partial charge in [-0.25, -0.2) is 4.98 Å². The number of anilines is 3. The number of nitrogens with zero attached hydrogens (tertiary/aromatic N) is 4. The van der Waals surface area contributed by atoms with Crippen molar-refractivity contribution in [1.82, 2.24) is 20.3 Å². The van der Waals surface area contributed by atoms with Crippen molar-refractivity contribution in [1.29, 1.82) is 0 Å². The van der Waals surface area contributed by atoms with E-state index in [0.717, 1.165) is 53.9 Å². The molecule has 4 N–H and O–H groups in total. The van der Waals surface area contributed by atoms with Gasteiger partial charge in [-0.2, -0.15) is 0 Å². The van der Waals surface area contributed by atoms with E-state index in [1.165, 1.54) is 6.20 Å². The van der Waals surface area contributed by atoms with Crippen LogP contribution >= 0.6 is 0 Å². The predicted molar refractivity (Wildman–Crippen MR) is 140 cm³/mol. The molecule has 182 valence electrons. The largest absolute Gasteiger partial charge is 0.398 e. The van der Waals surface area contributed by atoms with Gasteiger partial charge in [0.15, 0.2) is 0 Å². The highest BCUT2D eigenvalue weighted by Gasteiger charge is 2.16. The summed E-state index contributed by atoms with van der Waals surface area (Å²) >= 11 is 0. The Labute approximate surface area is 208 Å². The third kappa shape index (κ3) is 5.10. The molecule has 1 aliphatic rings. The van der Waals surface area contributed by atoms with Crippen LogP contribution in [0.4, 0.5) is 17.2 Å². The normalized spacial score (nSPS) is 13.1. The summed E-state index contributed by atoms with van der Waals surface area (Å²) in [6.45, 7) is 4.00. The number of benzene rings is 2. The second kappa shape index (κ2) is 9.99. The van der Waals surface area contributed by atoms with Gasteiger partial charge >= 0.3 is 0 Å². The molecule has 1 fully saturated rings. The number of carbonyl (C=O) groups is 2. The molecule has 0 unspecified atom stereocenters. The molecule has 0 bridgehead atoms. The number of amides is 2. The fourth-order valence-corrected chi connectivity index (χ4v) is 4.33. The minimum absolute atomic E-state index is 0.257. The minimum Gasteiger partial charge on any atom is -0.398 e. The Hall–Kier alpha value is -4.53. The van der Waals surface area contributed by atoms with E-state index in [2.05, 4.69) is 30.5 Å². The topological polar surface area (TPSA) is 126 Å². The maximum atomic E-state index is 12.9. The average Bonchev–Trinajstić information content (AvgIpc) is 3.43. The highest BCUT2D eigenvalue weighted by molar-refractivity contribution is 6.05. The molecule has 3 heterocycles. The number of hydrogen-bond donors (Lipinski definition) is 3. The number of nitrogen functional groups attached to an aromatic ring is 1. The quantitative estimate of drug-likeness (QED) is 0.383. The lowest BCUT2D eigenvalue weighted by atomic mass is 10.1. The minimum atomic E-state index is -0.309. The summed E-state index contributed by atoms with van der Waals surface area (Å²) in [7, 11) is 0. The molecule has 0 radical (unpaired) electrons. The van der Waals surface area contributed by atoms with Gasteiger partial charge in [0.05, 0.1) is 17.9 Å². The van der Waals surface area contributed by atoms with Crippen molar-refractivity contribution in [2.24, 2.45) is 0 Å². The van der Waals surface area contributed by atoms with E-state index in [0.29, 0.717) is 16.9 Å². The van der Waals surface area contributed by atoms with Crippen LogP contribution in [-0.2, 0) is 6.54 Å². The van der Waals surface area contributed by atoms with Crippen LogP contribution in [0.2, 0.25) is 0 Å². The number of carbonyl (C=O) groups excluding carboxylic acids is 2. The lowest BCUT2D eigenvalue weighted by Gasteiger charge is -2.16. The van der Waals surface area contributed by atoms with Gasteiger partial charge in [0.25, 0.3) is 11.8 Å². The number of aryl methyl sites for hydroxylation is 1. The highest BCUT2D eigenvalue weighted by atomic mass is 16.2. The molecule has 0 atom stereocenters. The molecule has 4 aromatic rings. The zero-order chi connectivity index (χ0) is 25.1. The summed E-state index contributed by atoms with van der Waals surface area (Å²) in [5.74, 6) is 0.154. The standard InChI is InChI=1S/C27H27N7O2/c1-17-11-22(28)21-13-20(7-8-23(21)31-17)32-26(35)19-6-4-5-18(12-19)14-30-27(36)24-15-29-16-25(33-24)34-9-2-3-10-34/h4-8,11-13,15-16H,2-3,9-10,14H2,1H3,(H2,28,31)(H,30,36)(H,32,35). The first-order valence-corrected chi connectivity index (χ1v) is 11.9. The van der Waals surface area contributed by atoms with Crippen molar-refractivity contribution in [3.05, 3.63) is 83.4 Å². The zero-order valence-corrected chi connectivity index (χ0v) is 20.0. The van der Waals surface area contributed by atoms with Crippen LogP contribution in [-0.4, -0.2) is 39.9 Å². The maximum absolute atomic E-state index is 12.9. The Morgan fingerprint density at radius 2 is 1.83 bits per heavy atom. The van der Waals surface area contributed by atoms with Crippen LogP contribution < -0.4 is 21.3 Å². The Morgan fingerprint density at radius 1 is 1.00 bits per heavy atom. The second-order valence-electron chi connectivity index (χ2n) is 8.88. The van der Waals surface area contributed by atoms with Gasteiger partial charge in [-0.3, -0.25) is 19.6 Å². The Bertz CT molecular complexity index is 1450. The molecule has 2 amide bonds. The first kappa shape index (κ1) is 23.2. The molecule has 5 rings (SSSR count). The van der Waals surface area contributed by atoms with Gasteiger partial charge in [-0.05, 0) is 61.7 Å². The van der Waals surface area contributed by atoms with E-state index in [1.54, 1.807) is 36.5 Å². The van der Waals surface area contributed by atoms with E-state index < -0.39 is 0 Å². The Balaban J connectivity index is 1.24. The van der Waals surface area contributed by atoms with Crippen LogP contribution in [0.15, 0.2) is 60.9 Å². The van der Waals surface area contributed by atoms with Crippen molar-refractivity contribution >= 4 is 39.9 Å². The molecule has 9 nitrogen and oxygen atoms in total. The number of nitrogens with two attached hydrogens (primary N) is 1. The molecule has 1 aliphatic heterocycles. The summed E-state index contributed by atoms with van der Waals surface area (Å²) in [5.41, 5.74) is 10.5. The molecule has 2 aromatic heterocycles. The lowest BCUT2D eigenvalue weighted by Crippen LogP contribution is -2.26. The molecule has 9 heteroatoms. The fraction of sp³-hybridized carbons (Fsp3) is 0.222. The monoisotopic (exact) mass is 481 g/mol. The smallest absolute Gasteiger partial charge is 0.271 e. The zero-order valence-electron chi connectivity index (χ0n) is 20.0. The number of rotatable bonds is 6. The third-order valence-corrected chi connectivity index (χ3v) is 6.15. The van der Waals surface area contributed by atoms with Gasteiger partial charge in [0, 0.05) is 47.7 Å². The number of aromatic nitrogens is 3. The molecule has 2 aromatic carbocycles. The first-order chi connectivity index (χ1) is 17.5. The first-order valence-electron chi connectivity index (χ1n) is 11.9. The molecule has 1 saturated heterocycles. The molecular formula is C27H27N7O2. The number of fused-ring (bicyclic) bond motifs is 1. The van der Waals surface area contributed by atoms with E-state index in [1.807, 2.05) is 25.1 Å².